The molecule has 0 saturated heterocycles. The van der Waals surface area contributed by atoms with Crippen molar-refractivity contribution in [2.45, 2.75) is 5.88 Å². The third kappa shape index (κ3) is 5.22. The number of aromatic nitrogens is 4. The van der Waals surface area contributed by atoms with E-state index in [1.165, 1.54) is 22.8 Å². The Hall–Kier alpha value is 0.526. The third-order valence-electron chi connectivity index (χ3n) is 0.841. The van der Waals surface area contributed by atoms with Crippen molar-refractivity contribution >= 4 is 69.1 Å². The first-order valence-electron chi connectivity index (χ1n) is 2.79. The Labute approximate surface area is 116 Å². The first kappa shape index (κ1) is 12.5. The number of carbonyl (C=O) groups is 1. The van der Waals surface area contributed by atoms with E-state index in [-0.39, 0.29) is 57.1 Å². The van der Waals surface area contributed by atoms with E-state index in [2.05, 4.69) is 15.5 Å². The van der Waals surface area contributed by atoms with E-state index < -0.39 is 5.97 Å². The molecule has 12 heavy (non-hydrogen) atoms. The van der Waals surface area contributed by atoms with Gasteiger partial charge in [0.15, 0.2) is 0 Å². The van der Waals surface area contributed by atoms with Gasteiger partial charge >= 0.3 is 57.4 Å². The Morgan fingerprint density at radius 2 is 2.42 bits per heavy atom. The second kappa shape index (κ2) is 6.98. The van der Waals surface area contributed by atoms with Gasteiger partial charge in [-0.05, 0) is 10.4 Å². The fraction of sp³-hybridized carbons (Fsp3) is 0.500. The van der Waals surface area contributed by atoms with E-state index in [9.17, 15) is 4.79 Å². The maximum atomic E-state index is 10.0. The average Bonchev–Trinajstić information content (AvgIpc) is 2.39. The van der Waals surface area contributed by atoms with Crippen molar-refractivity contribution in [1.29, 1.82) is 0 Å². The molecule has 0 aliphatic heterocycles. The van der Waals surface area contributed by atoms with Crippen molar-refractivity contribution in [3.63, 3.8) is 0 Å². The maximum absolute atomic E-state index is 10.0. The molecule has 1 N–H and O–H groups in total. The summed E-state index contributed by atoms with van der Waals surface area (Å²) in [5.41, 5.74) is 0. The molecule has 0 radical (unpaired) electrons. The van der Waals surface area contributed by atoms with Crippen LogP contribution in [0.3, 0.4) is 0 Å². The summed E-state index contributed by atoms with van der Waals surface area (Å²) in [6.07, 6.45) is 1.44. The molecule has 1 aromatic rings. The van der Waals surface area contributed by atoms with Crippen LogP contribution in [0.2, 0.25) is 0 Å². The molecule has 0 fully saturated rings. The van der Waals surface area contributed by atoms with Gasteiger partial charge in [-0.1, -0.05) is 0 Å². The molecule has 0 spiro atoms. The van der Waals surface area contributed by atoms with E-state index in [4.69, 9.17) is 5.11 Å². The molecule has 1 heterocycles. The molecule has 0 amide bonds. The summed E-state index contributed by atoms with van der Waals surface area (Å²) in [7, 11) is 0. The molecule has 0 aromatic carbocycles. The van der Waals surface area contributed by atoms with Crippen LogP contribution in [-0.2, 0) is 10.7 Å². The SMILES string of the molecule is O=C(O)CSCn1cnnn1.[KH]. The summed E-state index contributed by atoms with van der Waals surface area (Å²) in [4.78, 5) is 10.0. The summed E-state index contributed by atoms with van der Waals surface area (Å²) in [6.45, 7) is 0. The summed E-state index contributed by atoms with van der Waals surface area (Å²) >= 11 is 1.24. The molecular weight excluding hydrogens is 207 g/mol. The van der Waals surface area contributed by atoms with Gasteiger partial charge in [0, 0.05) is 0 Å². The number of tetrazole rings is 1. The van der Waals surface area contributed by atoms with Crippen LogP contribution in [0.15, 0.2) is 6.33 Å². The summed E-state index contributed by atoms with van der Waals surface area (Å²) in [6, 6.07) is 0. The van der Waals surface area contributed by atoms with Crippen molar-refractivity contribution in [2.75, 3.05) is 5.75 Å². The minimum absolute atomic E-state index is 0. The molecule has 0 atom stereocenters. The van der Waals surface area contributed by atoms with Crippen LogP contribution >= 0.6 is 11.8 Å². The summed E-state index contributed by atoms with van der Waals surface area (Å²) < 4.78 is 1.47. The van der Waals surface area contributed by atoms with E-state index in [0.29, 0.717) is 5.88 Å². The number of aliphatic carboxylic acids is 1. The van der Waals surface area contributed by atoms with Crippen LogP contribution < -0.4 is 0 Å². The first-order valence-corrected chi connectivity index (χ1v) is 3.95. The van der Waals surface area contributed by atoms with Crippen LogP contribution in [-0.4, -0.2) is 88.4 Å². The molecule has 62 valence electrons. The van der Waals surface area contributed by atoms with Gasteiger partial charge in [0.2, 0.25) is 0 Å². The van der Waals surface area contributed by atoms with Gasteiger partial charge in [0.05, 0.1) is 11.6 Å². The monoisotopic (exact) mass is 214 g/mol. The third-order valence-corrected chi connectivity index (χ3v) is 1.74. The van der Waals surface area contributed by atoms with Gasteiger partial charge < -0.3 is 5.11 Å². The van der Waals surface area contributed by atoms with E-state index in [0.717, 1.165) is 0 Å². The van der Waals surface area contributed by atoms with Crippen LogP contribution in [0.5, 0.6) is 0 Å². The van der Waals surface area contributed by atoms with Gasteiger partial charge in [0.1, 0.15) is 6.33 Å². The van der Waals surface area contributed by atoms with Crippen molar-refractivity contribution in [3.8, 4) is 0 Å². The van der Waals surface area contributed by atoms with E-state index in [1.807, 2.05) is 0 Å². The fourth-order valence-corrected chi connectivity index (χ4v) is 1.04. The Kier molecular flexibility index (Phi) is 7.29. The van der Waals surface area contributed by atoms with Gasteiger partial charge in [-0.2, -0.15) is 0 Å². The molecule has 8 heteroatoms. The Bertz CT molecular complexity index is 229. The molecule has 0 aliphatic carbocycles. The van der Waals surface area contributed by atoms with Gasteiger partial charge in [-0.25, -0.2) is 4.68 Å². The molecule has 0 saturated carbocycles. The molecule has 1 rings (SSSR count). The Morgan fingerprint density at radius 3 is 2.92 bits per heavy atom. The van der Waals surface area contributed by atoms with Crippen molar-refractivity contribution in [1.82, 2.24) is 20.2 Å². The van der Waals surface area contributed by atoms with E-state index >= 15 is 0 Å². The predicted octanol–water partition coefficient (Wildman–Crippen LogP) is -1.20. The normalized spacial score (nSPS) is 9.00. The first-order chi connectivity index (χ1) is 5.29. The standard InChI is InChI=1S/C4H6N4O2S.K.H/c9-4(10)1-11-3-8-2-5-6-7-8;;/h2H,1,3H2,(H,9,10);;. The number of nitrogens with zero attached hydrogens (tertiary/aromatic N) is 4. The molecule has 0 aliphatic rings. The van der Waals surface area contributed by atoms with Crippen LogP contribution in [0.4, 0.5) is 0 Å². The van der Waals surface area contributed by atoms with Crippen LogP contribution in [0.25, 0.3) is 0 Å². The summed E-state index contributed by atoms with van der Waals surface area (Å²) in [5.74, 6) is -0.290. The number of carboxylic acids is 1. The number of rotatable bonds is 4. The quantitative estimate of drug-likeness (QED) is 0.634. The van der Waals surface area contributed by atoms with Crippen molar-refractivity contribution < 1.29 is 9.90 Å². The minimum atomic E-state index is -0.830. The number of hydrogen-bond donors (Lipinski definition) is 1. The van der Waals surface area contributed by atoms with Gasteiger partial charge in [-0.15, -0.1) is 16.9 Å². The van der Waals surface area contributed by atoms with Crippen LogP contribution in [0, 0.1) is 0 Å². The molecule has 0 unspecified atom stereocenters. The molecular formula is C4H7KN4O2S. The van der Waals surface area contributed by atoms with Gasteiger partial charge in [0.25, 0.3) is 0 Å². The van der Waals surface area contributed by atoms with Crippen molar-refractivity contribution in [3.05, 3.63) is 6.33 Å². The average molecular weight is 214 g/mol. The zero-order valence-electron chi connectivity index (χ0n) is 5.54. The van der Waals surface area contributed by atoms with Crippen molar-refractivity contribution in [2.24, 2.45) is 0 Å². The Morgan fingerprint density at radius 1 is 1.67 bits per heavy atom. The topological polar surface area (TPSA) is 80.9 Å². The number of hydrogen-bond acceptors (Lipinski definition) is 5. The predicted molar refractivity (Wildman–Crippen MR) is 45.1 cm³/mol. The van der Waals surface area contributed by atoms with E-state index in [1.54, 1.807) is 0 Å². The molecule has 6 nitrogen and oxygen atoms in total. The number of thioether (sulfide) groups is 1. The number of carboxylic acid groups (broad SMARTS) is 1. The zero-order chi connectivity index (χ0) is 8.10. The second-order valence-corrected chi connectivity index (χ2v) is 2.68. The zero-order valence-corrected chi connectivity index (χ0v) is 6.36. The fourth-order valence-electron chi connectivity index (χ4n) is 0.466. The van der Waals surface area contributed by atoms with Crippen LogP contribution in [0.1, 0.15) is 0 Å². The molecule has 1 aromatic heterocycles. The Balaban J connectivity index is 0.00000121. The summed E-state index contributed by atoms with van der Waals surface area (Å²) in [5, 5.41) is 18.6. The molecule has 0 bridgehead atoms. The second-order valence-electron chi connectivity index (χ2n) is 1.72. The van der Waals surface area contributed by atoms with Gasteiger partial charge in [-0.3, -0.25) is 4.79 Å².